The van der Waals surface area contributed by atoms with Crippen molar-refractivity contribution in [3.8, 4) is 0 Å². The summed E-state index contributed by atoms with van der Waals surface area (Å²) in [4.78, 5) is 12.9. The van der Waals surface area contributed by atoms with E-state index in [2.05, 4.69) is 81.5 Å². The van der Waals surface area contributed by atoms with Crippen LogP contribution in [0.1, 0.15) is 48.2 Å². The molecule has 1 saturated heterocycles. The maximum absolute atomic E-state index is 12.9. The summed E-state index contributed by atoms with van der Waals surface area (Å²) in [5.74, 6) is 0.336. The van der Waals surface area contributed by atoms with Crippen LogP contribution in [0.25, 0.3) is 0 Å². The maximum Gasteiger partial charge on any atom is 0.142 e. The highest BCUT2D eigenvalue weighted by molar-refractivity contribution is 5.85. The number of hydrogen-bond donors (Lipinski definition) is 1. The molecule has 0 spiro atoms. The van der Waals surface area contributed by atoms with Gasteiger partial charge < -0.3 is 5.32 Å². The molecule has 0 saturated carbocycles. The van der Waals surface area contributed by atoms with Crippen LogP contribution in [-0.4, -0.2) is 5.78 Å². The molecule has 120 valence electrons. The first kappa shape index (κ1) is 15.9. The number of nitrogens with one attached hydrogen (secondary N) is 1. The summed E-state index contributed by atoms with van der Waals surface area (Å²) >= 11 is 0. The number of benzene rings is 2. The molecular weight excluding hydrogens is 282 g/mol. The summed E-state index contributed by atoms with van der Waals surface area (Å²) in [5.41, 5.74) is 4.95. The molecule has 2 nitrogen and oxygen atoms in total. The summed E-state index contributed by atoms with van der Waals surface area (Å²) < 4.78 is 0. The van der Waals surface area contributed by atoms with Crippen LogP contribution in [0.15, 0.2) is 48.5 Å². The molecule has 23 heavy (non-hydrogen) atoms. The third kappa shape index (κ3) is 2.84. The van der Waals surface area contributed by atoms with Crippen molar-refractivity contribution >= 4 is 5.78 Å². The van der Waals surface area contributed by atoms with Gasteiger partial charge in [-0.2, -0.15) is 0 Å². The Kier molecular flexibility index (Phi) is 4.36. The Morgan fingerprint density at radius 2 is 1.13 bits per heavy atom. The largest absolute Gasteiger partial charge is 0.302 e. The highest BCUT2D eigenvalue weighted by Gasteiger charge is 2.40. The minimum Gasteiger partial charge on any atom is -0.302 e. The number of Topliss-reactive ketones (excluding diaryl/α,β-unsaturated/α-hetero) is 1. The predicted octanol–water partition coefficient (Wildman–Crippen LogP) is 4.53. The lowest BCUT2D eigenvalue weighted by atomic mass is 9.75. The second-order valence-electron chi connectivity index (χ2n) is 6.81. The fourth-order valence-electron chi connectivity index (χ4n) is 3.82. The number of carbonyl (C=O) groups is 1. The molecule has 0 bridgehead atoms. The minimum atomic E-state index is -0.00799. The Balaban J connectivity index is 2.02. The molecule has 2 aromatic carbocycles. The van der Waals surface area contributed by atoms with Crippen molar-refractivity contribution in [3.05, 3.63) is 70.8 Å². The normalized spacial score (nSPS) is 27.9. The van der Waals surface area contributed by atoms with E-state index in [1.165, 1.54) is 22.3 Å². The van der Waals surface area contributed by atoms with Crippen molar-refractivity contribution in [3.63, 3.8) is 0 Å². The van der Waals surface area contributed by atoms with Crippen molar-refractivity contribution in [2.75, 3.05) is 0 Å². The average molecular weight is 307 g/mol. The maximum atomic E-state index is 12.9. The molecule has 1 aliphatic heterocycles. The summed E-state index contributed by atoms with van der Waals surface area (Å²) in [6.07, 6.45) is 0. The van der Waals surface area contributed by atoms with Crippen LogP contribution in [0.4, 0.5) is 0 Å². The molecule has 2 aromatic rings. The molecule has 2 heteroatoms. The molecule has 0 radical (unpaired) electrons. The molecule has 0 unspecified atom stereocenters. The second-order valence-corrected chi connectivity index (χ2v) is 6.81. The highest BCUT2D eigenvalue weighted by atomic mass is 16.1. The topological polar surface area (TPSA) is 29.1 Å². The Hall–Kier alpha value is -1.93. The van der Waals surface area contributed by atoms with Gasteiger partial charge in [0.15, 0.2) is 0 Å². The van der Waals surface area contributed by atoms with Crippen LogP contribution in [0, 0.1) is 25.7 Å². The lowest BCUT2D eigenvalue weighted by Crippen LogP contribution is -2.46. The molecule has 0 aliphatic carbocycles. The standard InChI is InChI=1S/C21H25NO/c1-13-9-5-7-11-17(13)19-15(3)21(23)16(4)20(22-19)18-12-8-6-10-14(18)2/h5-12,15-16,19-20,22H,1-4H3/t15-,16-,19+,20+/m1/s1. The Morgan fingerprint density at radius 1 is 0.739 bits per heavy atom. The zero-order valence-corrected chi connectivity index (χ0v) is 14.3. The zero-order valence-electron chi connectivity index (χ0n) is 14.3. The van der Waals surface area contributed by atoms with Crippen LogP contribution in [0.3, 0.4) is 0 Å². The minimum absolute atomic E-state index is 0.00799. The van der Waals surface area contributed by atoms with Crippen LogP contribution >= 0.6 is 0 Å². The summed E-state index contributed by atoms with van der Waals surface area (Å²) in [5, 5.41) is 3.78. The van der Waals surface area contributed by atoms with Gasteiger partial charge in [-0.05, 0) is 36.1 Å². The highest BCUT2D eigenvalue weighted by Crippen LogP contribution is 2.39. The van der Waals surface area contributed by atoms with E-state index in [9.17, 15) is 4.79 Å². The summed E-state index contributed by atoms with van der Waals surface area (Å²) in [7, 11) is 0. The fourth-order valence-corrected chi connectivity index (χ4v) is 3.82. The number of aryl methyl sites for hydroxylation is 2. The van der Waals surface area contributed by atoms with Crippen molar-refractivity contribution in [2.24, 2.45) is 11.8 Å². The smallest absolute Gasteiger partial charge is 0.142 e. The summed E-state index contributed by atoms with van der Waals surface area (Å²) in [6, 6.07) is 16.9. The van der Waals surface area contributed by atoms with Gasteiger partial charge in [0, 0.05) is 23.9 Å². The van der Waals surface area contributed by atoms with Crippen LogP contribution in [0.2, 0.25) is 0 Å². The van der Waals surface area contributed by atoms with Gasteiger partial charge in [0.05, 0.1) is 0 Å². The number of piperidine rings is 1. The van der Waals surface area contributed by atoms with E-state index in [1.54, 1.807) is 0 Å². The lowest BCUT2D eigenvalue weighted by Gasteiger charge is -2.40. The fraction of sp³-hybridized carbons (Fsp3) is 0.381. The van der Waals surface area contributed by atoms with Crippen LogP contribution in [0.5, 0.6) is 0 Å². The monoisotopic (exact) mass is 307 g/mol. The second kappa shape index (κ2) is 6.29. The van der Waals surface area contributed by atoms with E-state index in [4.69, 9.17) is 0 Å². The van der Waals surface area contributed by atoms with Gasteiger partial charge in [0.25, 0.3) is 0 Å². The predicted molar refractivity (Wildman–Crippen MR) is 94.3 cm³/mol. The zero-order chi connectivity index (χ0) is 16.6. The van der Waals surface area contributed by atoms with E-state index < -0.39 is 0 Å². The molecule has 4 atom stereocenters. The van der Waals surface area contributed by atoms with Gasteiger partial charge >= 0.3 is 0 Å². The van der Waals surface area contributed by atoms with Gasteiger partial charge in [-0.1, -0.05) is 62.4 Å². The number of ketones is 1. The first-order valence-corrected chi connectivity index (χ1v) is 8.41. The Bertz CT molecular complexity index is 662. The molecule has 3 rings (SSSR count). The summed E-state index contributed by atoms with van der Waals surface area (Å²) in [6.45, 7) is 8.35. The van der Waals surface area contributed by atoms with Crippen molar-refractivity contribution in [2.45, 2.75) is 39.8 Å². The van der Waals surface area contributed by atoms with Gasteiger partial charge in [0.2, 0.25) is 0 Å². The van der Waals surface area contributed by atoms with Gasteiger partial charge in [0.1, 0.15) is 5.78 Å². The van der Waals surface area contributed by atoms with Gasteiger partial charge in [-0.3, -0.25) is 4.79 Å². The first-order valence-electron chi connectivity index (χ1n) is 8.41. The van der Waals surface area contributed by atoms with E-state index >= 15 is 0 Å². The molecule has 1 heterocycles. The molecule has 1 N–H and O–H groups in total. The van der Waals surface area contributed by atoms with Gasteiger partial charge in [-0.25, -0.2) is 0 Å². The first-order chi connectivity index (χ1) is 11.0. The number of rotatable bonds is 2. The van der Waals surface area contributed by atoms with Gasteiger partial charge in [-0.15, -0.1) is 0 Å². The molecular formula is C21H25NO. The lowest BCUT2D eigenvalue weighted by molar-refractivity contribution is -0.130. The van der Waals surface area contributed by atoms with Crippen molar-refractivity contribution in [1.29, 1.82) is 0 Å². The molecule has 1 aliphatic rings. The third-order valence-corrected chi connectivity index (χ3v) is 5.30. The number of hydrogen-bond acceptors (Lipinski definition) is 2. The van der Waals surface area contributed by atoms with Crippen molar-refractivity contribution < 1.29 is 4.79 Å². The SMILES string of the molecule is Cc1ccccc1[C@H]1N[C@H](c2ccccc2C)[C@@H](C)C(=O)[C@@H]1C. The number of carbonyl (C=O) groups excluding carboxylic acids is 1. The van der Waals surface area contributed by atoms with E-state index in [1.807, 2.05) is 0 Å². The third-order valence-electron chi connectivity index (χ3n) is 5.30. The van der Waals surface area contributed by atoms with E-state index in [0.717, 1.165) is 0 Å². The Labute approximate surface area is 138 Å². The van der Waals surface area contributed by atoms with Crippen molar-refractivity contribution in [1.82, 2.24) is 5.32 Å². The average Bonchev–Trinajstić information content (AvgIpc) is 2.55. The molecule has 1 fully saturated rings. The molecule has 0 amide bonds. The van der Waals surface area contributed by atoms with E-state index in [-0.39, 0.29) is 23.9 Å². The quantitative estimate of drug-likeness (QED) is 0.883. The van der Waals surface area contributed by atoms with Crippen LogP contribution < -0.4 is 5.32 Å². The molecule has 0 aromatic heterocycles. The Morgan fingerprint density at radius 3 is 1.52 bits per heavy atom. The van der Waals surface area contributed by atoms with Crippen LogP contribution in [-0.2, 0) is 4.79 Å². The van der Waals surface area contributed by atoms with E-state index in [0.29, 0.717) is 5.78 Å².